The number of carbonyl (C=O) groups is 1. The molecule has 0 aliphatic carbocycles. The lowest BCUT2D eigenvalue weighted by Crippen LogP contribution is -1.85. The molecule has 11 heavy (non-hydrogen) atoms. The number of oxazole rings is 1. The van der Waals surface area contributed by atoms with E-state index in [2.05, 4.69) is 4.98 Å². The van der Waals surface area contributed by atoms with Crippen molar-refractivity contribution in [2.75, 3.05) is 0 Å². The monoisotopic (exact) mass is 153 g/mol. The van der Waals surface area contributed by atoms with E-state index in [1.807, 2.05) is 0 Å². The second-order valence-corrected chi connectivity index (χ2v) is 1.97. The number of nitrogens with zero attached hydrogens (tertiary/aromatic N) is 1. The first-order chi connectivity index (χ1) is 5.20. The van der Waals surface area contributed by atoms with Gasteiger partial charge in [-0.05, 0) is 13.0 Å². The lowest BCUT2D eigenvalue weighted by atomic mass is 10.3. The van der Waals surface area contributed by atoms with E-state index in [0.717, 1.165) is 6.08 Å². The van der Waals surface area contributed by atoms with Crippen molar-refractivity contribution in [3.63, 3.8) is 0 Å². The number of carboxylic acids is 1. The molecule has 0 aliphatic heterocycles. The normalized spacial score (nSPS) is 10.6. The standard InChI is InChI=1S/C7H7NO3/c1-5-6(11-4-8-5)2-3-7(9)10/h2-4H,1H3,(H,9,10)/b3-2+. The van der Waals surface area contributed by atoms with Crippen LogP contribution in [0.1, 0.15) is 11.5 Å². The van der Waals surface area contributed by atoms with Gasteiger partial charge in [-0.25, -0.2) is 9.78 Å². The molecule has 1 rings (SSSR count). The third-order valence-electron chi connectivity index (χ3n) is 1.16. The molecule has 0 saturated heterocycles. The Morgan fingerprint density at radius 3 is 3.00 bits per heavy atom. The maximum absolute atomic E-state index is 10.1. The van der Waals surface area contributed by atoms with Crippen molar-refractivity contribution in [3.05, 3.63) is 23.9 Å². The summed E-state index contributed by atoms with van der Waals surface area (Å²) in [6.45, 7) is 1.74. The number of aromatic nitrogens is 1. The SMILES string of the molecule is Cc1ncoc1/C=C/C(=O)O. The Bertz CT molecular complexity index is 288. The van der Waals surface area contributed by atoms with Crippen LogP contribution in [0.25, 0.3) is 6.08 Å². The van der Waals surface area contributed by atoms with Gasteiger partial charge in [0.15, 0.2) is 6.39 Å². The van der Waals surface area contributed by atoms with Crippen LogP contribution < -0.4 is 0 Å². The Balaban J connectivity index is 2.79. The van der Waals surface area contributed by atoms with Crippen molar-refractivity contribution in [2.24, 2.45) is 0 Å². The predicted octanol–water partition coefficient (Wildman–Crippen LogP) is 1.08. The third kappa shape index (κ3) is 1.93. The number of carboxylic acid groups (broad SMARTS) is 1. The average molecular weight is 153 g/mol. The van der Waals surface area contributed by atoms with Crippen LogP contribution in [0.2, 0.25) is 0 Å². The molecule has 0 radical (unpaired) electrons. The van der Waals surface area contributed by atoms with Gasteiger partial charge in [0.25, 0.3) is 0 Å². The minimum Gasteiger partial charge on any atom is -0.478 e. The zero-order valence-electron chi connectivity index (χ0n) is 5.94. The Morgan fingerprint density at radius 2 is 2.55 bits per heavy atom. The van der Waals surface area contributed by atoms with Crippen LogP contribution in [-0.4, -0.2) is 16.1 Å². The highest BCUT2D eigenvalue weighted by Gasteiger charge is 1.97. The quantitative estimate of drug-likeness (QED) is 0.645. The van der Waals surface area contributed by atoms with Crippen LogP contribution in [0.15, 0.2) is 16.9 Å². The highest BCUT2D eigenvalue weighted by Crippen LogP contribution is 2.06. The molecule has 1 aromatic rings. The fraction of sp³-hybridized carbons (Fsp3) is 0.143. The lowest BCUT2D eigenvalue weighted by Gasteiger charge is -1.83. The molecule has 1 heterocycles. The van der Waals surface area contributed by atoms with E-state index < -0.39 is 5.97 Å². The van der Waals surface area contributed by atoms with Gasteiger partial charge in [0.1, 0.15) is 5.76 Å². The van der Waals surface area contributed by atoms with Crippen molar-refractivity contribution >= 4 is 12.0 Å². The van der Waals surface area contributed by atoms with Gasteiger partial charge in [0.05, 0.1) is 5.69 Å². The minimum atomic E-state index is -0.999. The van der Waals surface area contributed by atoms with E-state index in [9.17, 15) is 4.79 Å². The molecule has 1 aromatic heterocycles. The predicted molar refractivity (Wildman–Crippen MR) is 37.9 cm³/mol. The summed E-state index contributed by atoms with van der Waals surface area (Å²) in [6.07, 6.45) is 3.65. The number of hydrogen-bond donors (Lipinski definition) is 1. The highest BCUT2D eigenvalue weighted by molar-refractivity contribution is 5.84. The van der Waals surface area contributed by atoms with Crippen LogP contribution in [-0.2, 0) is 4.79 Å². The van der Waals surface area contributed by atoms with Gasteiger partial charge in [-0.1, -0.05) is 0 Å². The van der Waals surface area contributed by atoms with E-state index in [1.54, 1.807) is 6.92 Å². The zero-order chi connectivity index (χ0) is 8.27. The summed E-state index contributed by atoms with van der Waals surface area (Å²) in [5.41, 5.74) is 0.683. The summed E-state index contributed by atoms with van der Waals surface area (Å²) >= 11 is 0. The van der Waals surface area contributed by atoms with Crippen molar-refractivity contribution in [3.8, 4) is 0 Å². The Hall–Kier alpha value is -1.58. The van der Waals surface area contributed by atoms with E-state index in [-0.39, 0.29) is 0 Å². The minimum absolute atomic E-state index is 0.479. The van der Waals surface area contributed by atoms with Crippen LogP contribution >= 0.6 is 0 Å². The van der Waals surface area contributed by atoms with E-state index >= 15 is 0 Å². The van der Waals surface area contributed by atoms with E-state index in [1.165, 1.54) is 12.5 Å². The first-order valence-corrected chi connectivity index (χ1v) is 3.01. The molecule has 0 unspecified atom stereocenters. The maximum Gasteiger partial charge on any atom is 0.328 e. The van der Waals surface area contributed by atoms with Gasteiger partial charge >= 0.3 is 5.97 Å². The molecule has 0 bridgehead atoms. The Kier molecular flexibility index (Phi) is 2.06. The third-order valence-corrected chi connectivity index (χ3v) is 1.16. The summed E-state index contributed by atoms with van der Waals surface area (Å²) in [4.78, 5) is 13.8. The van der Waals surface area contributed by atoms with Crippen molar-refractivity contribution < 1.29 is 14.3 Å². The van der Waals surface area contributed by atoms with Gasteiger partial charge in [-0.15, -0.1) is 0 Å². The summed E-state index contributed by atoms with van der Waals surface area (Å²) < 4.78 is 4.85. The van der Waals surface area contributed by atoms with Gasteiger partial charge in [-0.3, -0.25) is 0 Å². The van der Waals surface area contributed by atoms with Crippen LogP contribution in [0, 0.1) is 6.92 Å². The van der Waals surface area contributed by atoms with Gasteiger partial charge < -0.3 is 9.52 Å². The number of hydrogen-bond acceptors (Lipinski definition) is 3. The number of aryl methyl sites for hydroxylation is 1. The highest BCUT2D eigenvalue weighted by atomic mass is 16.4. The topological polar surface area (TPSA) is 63.3 Å². The van der Waals surface area contributed by atoms with E-state index in [0.29, 0.717) is 11.5 Å². The molecule has 0 aromatic carbocycles. The molecule has 0 spiro atoms. The fourth-order valence-electron chi connectivity index (χ4n) is 0.618. The molecular weight excluding hydrogens is 146 g/mol. The second-order valence-electron chi connectivity index (χ2n) is 1.97. The van der Waals surface area contributed by atoms with Gasteiger partial charge in [-0.2, -0.15) is 0 Å². The smallest absolute Gasteiger partial charge is 0.328 e. The van der Waals surface area contributed by atoms with E-state index in [4.69, 9.17) is 9.52 Å². The summed E-state index contributed by atoms with van der Waals surface area (Å²) in [5, 5.41) is 8.25. The molecule has 1 N–H and O–H groups in total. The molecule has 58 valence electrons. The van der Waals surface area contributed by atoms with Gasteiger partial charge in [0.2, 0.25) is 0 Å². The van der Waals surface area contributed by atoms with Crippen LogP contribution in [0.3, 0.4) is 0 Å². The summed E-state index contributed by atoms with van der Waals surface area (Å²) in [7, 11) is 0. The zero-order valence-corrected chi connectivity index (χ0v) is 5.94. The molecule has 0 aliphatic rings. The molecule has 4 heteroatoms. The molecule has 4 nitrogen and oxygen atoms in total. The molecule has 0 fully saturated rings. The number of rotatable bonds is 2. The fourth-order valence-corrected chi connectivity index (χ4v) is 0.618. The Labute approximate surface area is 63.2 Å². The largest absolute Gasteiger partial charge is 0.478 e. The molecule has 0 saturated carbocycles. The first kappa shape index (κ1) is 7.53. The second kappa shape index (κ2) is 3.01. The Morgan fingerprint density at radius 1 is 1.82 bits per heavy atom. The average Bonchev–Trinajstić information content (AvgIpc) is 2.31. The summed E-state index contributed by atoms with van der Waals surface area (Å²) in [6, 6.07) is 0. The summed E-state index contributed by atoms with van der Waals surface area (Å²) in [5.74, 6) is -0.520. The number of aliphatic carboxylic acids is 1. The van der Waals surface area contributed by atoms with Crippen molar-refractivity contribution in [1.82, 2.24) is 4.98 Å². The maximum atomic E-state index is 10.1. The van der Waals surface area contributed by atoms with Crippen molar-refractivity contribution in [1.29, 1.82) is 0 Å². The van der Waals surface area contributed by atoms with Crippen LogP contribution in [0.5, 0.6) is 0 Å². The van der Waals surface area contributed by atoms with Crippen LogP contribution in [0.4, 0.5) is 0 Å². The van der Waals surface area contributed by atoms with Crippen molar-refractivity contribution in [2.45, 2.75) is 6.92 Å². The van der Waals surface area contributed by atoms with Gasteiger partial charge in [0, 0.05) is 6.08 Å². The lowest BCUT2D eigenvalue weighted by molar-refractivity contribution is -0.131. The molecule has 0 amide bonds. The first-order valence-electron chi connectivity index (χ1n) is 3.01. The molecular formula is C7H7NO3. The molecule has 0 atom stereocenters.